The van der Waals surface area contributed by atoms with Crippen molar-refractivity contribution in [1.82, 2.24) is 0 Å². The van der Waals surface area contributed by atoms with Gasteiger partial charge in [0.1, 0.15) is 11.6 Å². The van der Waals surface area contributed by atoms with Crippen molar-refractivity contribution in [3.8, 4) is 5.75 Å². The summed E-state index contributed by atoms with van der Waals surface area (Å²) < 4.78 is 41.7. The monoisotopic (exact) mass is 315 g/mol. The lowest BCUT2D eigenvalue weighted by molar-refractivity contribution is -0.0497. The smallest absolute Gasteiger partial charge is 0.387 e. The number of hydrogen-bond acceptors (Lipinski definition) is 2. The predicted molar refractivity (Wildman–Crippen MR) is 76.5 cm³/mol. The van der Waals surface area contributed by atoms with Gasteiger partial charge in [0.2, 0.25) is 0 Å². The Labute approximate surface area is 125 Å². The first kappa shape index (κ1) is 15.5. The van der Waals surface area contributed by atoms with Gasteiger partial charge in [-0.25, -0.2) is 4.39 Å². The molecular weight excluding hydrogens is 303 g/mol. The van der Waals surface area contributed by atoms with Gasteiger partial charge in [-0.15, -0.1) is 0 Å². The Hall–Kier alpha value is -1.88. The fraction of sp³-hybridized carbons (Fsp3) is 0.200. The molecular formula is C15H13ClF3NO. The van der Waals surface area contributed by atoms with E-state index < -0.39 is 6.61 Å². The number of ether oxygens (including phenoxy) is 1. The van der Waals surface area contributed by atoms with Gasteiger partial charge in [-0.05, 0) is 48.4 Å². The Kier molecular flexibility index (Phi) is 4.96. The van der Waals surface area contributed by atoms with E-state index in [-0.39, 0.29) is 16.6 Å². The number of anilines is 1. The second kappa shape index (κ2) is 6.72. The normalized spacial score (nSPS) is 10.8. The maximum atomic E-state index is 13.2. The standard InChI is InChI=1S/C15H13ClF3NO/c1-9-2-3-11(17)6-10(9)8-20-12-4-5-14(13(16)7-12)21-15(18)19/h2-7,15,20H,8H2,1H3. The van der Waals surface area contributed by atoms with E-state index >= 15 is 0 Å². The summed E-state index contributed by atoms with van der Waals surface area (Å²) in [6.45, 7) is -0.644. The number of alkyl halides is 2. The van der Waals surface area contributed by atoms with Crippen molar-refractivity contribution >= 4 is 17.3 Å². The van der Waals surface area contributed by atoms with Gasteiger partial charge in [-0.3, -0.25) is 0 Å². The van der Waals surface area contributed by atoms with Gasteiger partial charge in [-0.2, -0.15) is 8.78 Å². The minimum absolute atomic E-state index is 0.0799. The van der Waals surface area contributed by atoms with Crippen LogP contribution in [0.3, 0.4) is 0 Å². The maximum Gasteiger partial charge on any atom is 0.387 e. The second-order valence-corrected chi connectivity index (χ2v) is 4.86. The molecule has 2 aromatic rings. The van der Waals surface area contributed by atoms with Crippen molar-refractivity contribution in [1.29, 1.82) is 0 Å². The molecule has 6 heteroatoms. The molecule has 0 unspecified atom stereocenters. The third kappa shape index (κ3) is 4.29. The van der Waals surface area contributed by atoms with Crippen molar-refractivity contribution in [3.63, 3.8) is 0 Å². The molecule has 0 aliphatic heterocycles. The van der Waals surface area contributed by atoms with Gasteiger partial charge in [0.05, 0.1) is 5.02 Å². The average molecular weight is 316 g/mol. The number of benzene rings is 2. The quantitative estimate of drug-likeness (QED) is 0.838. The first-order valence-corrected chi connectivity index (χ1v) is 6.57. The van der Waals surface area contributed by atoms with Crippen LogP contribution in [0.25, 0.3) is 0 Å². The van der Waals surface area contributed by atoms with Crippen LogP contribution in [-0.4, -0.2) is 6.61 Å². The highest BCUT2D eigenvalue weighted by Crippen LogP contribution is 2.29. The highest BCUT2D eigenvalue weighted by Gasteiger charge is 2.09. The van der Waals surface area contributed by atoms with Gasteiger partial charge in [0.25, 0.3) is 0 Å². The molecule has 21 heavy (non-hydrogen) atoms. The fourth-order valence-corrected chi connectivity index (χ4v) is 2.06. The third-order valence-corrected chi connectivity index (χ3v) is 3.24. The largest absolute Gasteiger partial charge is 0.433 e. The van der Waals surface area contributed by atoms with Crippen LogP contribution in [0.2, 0.25) is 5.02 Å². The second-order valence-electron chi connectivity index (χ2n) is 4.45. The Morgan fingerprint density at radius 2 is 1.95 bits per heavy atom. The Morgan fingerprint density at radius 1 is 1.19 bits per heavy atom. The molecule has 0 atom stereocenters. The molecule has 0 spiro atoms. The number of halogens is 4. The van der Waals surface area contributed by atoms with E-state index in [9.17, 15) is 13.2 Å². The molecule has 0 saturated heterocycles. The molecule has 0 aliphatic rings. The zero-order chi connectivity index (χ0) is 15.4. The molecule has 0 saturated carbocycles. The topological polar surface area (TPSA) is 21.3 Å². The molecule has 2 aromatic carbocycles. The summed E-state index contributed by atoms with van der Waals surface area (Å²) in [4.78, 5) is 0. The molecule has 0 fully saturated rings. The molecule has 2 rings (SSSR count). The SMILES string of the molecule is Cc1ccc(F)cc1CNc1ccc(OC(F)F)c(Cl)c1. The average Bonchev–Trinajstić information content (AvgIpc) is 2.42. The molecule has 0 radical (unpaired) electrons. The molecule has 0 heterocycles. The van der Waals surface area contributed by atoms with Crippen LogP contribution in [0.5, 0.6) is 5.75 Å². The van der Waals surface area contributed by atoms with Crippen molar-refractivity contribution in [3.05, 3.63) is 58.4 Å². The Balaban J connectivity index is 2.07. The number of hydrogen-bond donors (Lipinski definition) is 1. The van der Waals surface area contributed by atoms with E-state index in [1.54, 1.807) is 12.1 Å². The first-order chi connectivity index (χ1) is 9.95. The molecule has 0 amide bonds. The van der Waals surface area contributed by atoms with Crippen molar-refractivity contribution < 1.29 is 17.9 Å². The Morgan fingerprint density at radius 3 is 2.62 bits per heavy atom. The highest BCUT2D eigenvalue weighted by atomic mass is 35.5. The van der Waals surface area contributed by atoms with E-state index in [4.69, 9.17) is 11.6 Å². The molecule has 2 nitrogen and oxygen atoms in total. The summed E-state index contributed by atoms with van der Waals surface area (Å²) in [5.74, 6) is -0.393. The minimum atomic E-state index is -2.92. The predicted octanol–water partition coefficient (Wildman–Crippen LogP) is 5.00. The summed E-state index contributed by atoms with van der Waals surface area (Å²) >= 11 is 5.85. The molecule has 0 bridgehead atoms. The third-order valence-electron chi connectivity index (χ3n) is 2.94. The van der Waals surface area contributed by atoms with Crippen LogP contribution in [-0.2, 0) is 6.54 Å². The lowest BCUT2D eigenvalue weighted by atomic mass is 10.1. The molecule has 0 aromatic heterocycles. The lowest BCUT2D eigenvalue weighted by Crippen LogP contribution is -2.04. The summed E-state index contributed by atoms with van der Waals surface area (Å²) in [5, 5.41) is 3.14. The molecule has 1 N–H and O–H groups in total. The van der Waals surface area contributed by atoms with Gasteiger partial charge < -0.3 is 10.1 Å². The molecule has 112 valence electrons. The van der Waals surface area contributed by atoms with Crippen LogP contribution in [0.15, 0.2) is 36.4 Å². The minimum Gasteiger partial charge on any atom is -0.433 e. The van der Waals surface area contributed by atoms with Crippen LogP contribution < -0.4 is 10.1 Å². The highest BCUT2D eigenvalue weighted by molar-refractivity contribution is 6.32. The Bertz CT molecular complexity index is 634. The van der Waals surface area contributed by atoms with E-state index in [0.717, 1.165) is 11.1 Å². The van der Waals surface area contributed by atoms with Crippen molar-refractivity contribution in [2.45, 2.75) is 20.1 Å². The van der Waals surface area contributed by atoms with E-state index in [1.165, 1.54) is 24.3 Å². The van der Waals surface area contributed by atoms with E-state index in [0.29, 0.717) is 12.2 Å². The van der Waals surface area contributed by atoms with Crippen LogP contribution in [0.4, 0.5) is 18.9 Å². The number of aryl methyl sites for hydroxylation is 1. The van der Waals surface area contributed by atoms with Crippen LogP contribution >= 0.6 is 11.6 Å². The summed E-state index contributed by atoms with van der Waals surface area (Å²) in [6.07, 6.45) is 0. The van der Waals surface area contributed by atoms with Gasteiger partial charge >= 0.3 is 6.61 Å². The summed E-state index contributed by atoms with van der Waals surface area (Å²) in [7, 11) is 0. The zero-order valence-corrected chi connectivity index (χ0v) is 11.9. The van der Waals surface area contributed by atoms with Crippen LogP contribution in [0.1, 0.15) is 11.1 Å². The fourth-order valence-electron chi connectivity index (χ4n) is 1.83. The summed E-state index contributed by atoms with van der Waals surface area (Å²) in [5.41, 5.74) is 2.39. The van der Waals surface area contributed by atoms with Gasteiger partial charge in [-0.1, -0.05) is 17.7 Å². The first-order valence-electron chi connectivity index (χ1n) is 6.19. The van der Waals surface area contributed by atoms with Gasteiger partial charge in [0, 0.05) is 12.2 Å². The van der Waals surface area contributed by atoms with Crippen molar-refractivity contribution in [2.75, 3.05) is 5.32 Å². The number of rotatable bonds is 5. The molecule has 0 aliphatic carbocycles. The van der Waals surface area contributed by atoms with Gasteiger partial charge in [0.15, 0.2) is 0 Å². The number of nitrogens with one attached hydrogen (secondary N) is 1. The lowest BCUT2D eigenvalue weighted by Gasteiger charge is -2.11. The van der Waals surface area contributed by atoms with E-state index in [2.05, 4.69) is 10.1 Å². The van der Waals surface area contributed by atoms with Crippen LogP contribution in [0, 0.1) is 12.7 Å². The summed E-state index contributed by atoms with van der Waals surface area (Å²) in [6, 6.07) is 8.94. The zero-order valence-electron chi connectivity index (χ0n) is 11.2. The maximum absolute atomic E-state index is 13.2. The van der Waals surface area contributed by atoms with E-state index in [1.807, 2.05) is 6.92 Å². The van der Waals surface area contributed by atoms with Crippen molar-refractivity contribution in [2.24, 2.45) is 0 Å².